The highest BCUT2D eigenvalue weighted by atomic mass is 35.5. The molecule has 8 heteroatoms. The van der Waals surface area contributed by atoms with Crippen LogP contribution in [0, 0.1) is 13.8 Å². The van der Waals surface area contributed by atoms with Crippen molar-refractivity contribution in [3.05, 3.63) is 75.0 Å². The summed E-state index contributed by atoms with van der Waals surface area (Å²) in [5.74, 6) is -0.705. The van der Waals surface area contributed by atoms with Gasteiger partial charge in [0.15, 0.2) is 0 Å². The van der Waals surface area contributed by atoms with Gasteiger partial charge in [0.05, 0.1) is 5.69 Å². The van der Waals surface area contributed by atoms with E-state index in [4.69, 9.17) is 11.6 Å². The molecule has 2 aromatic carbocycles. The minimum atomic E-state index is -0.924. The molecule has 0 aliphatic carbocycles. The minimum Gasteiger partial charge on any atom is -0.324 e. The molecule has 2 N–H and O–H groups in total. The fourth-order valence-corrected chi connectivity index (χ4v) is 3.23. The average molecular weight is 453 g/mol. The Hall–Kier alpha value is -3.45. The Morgan fingerprint density at radius 3 is 2.41 bits per heavy atom. The molecule has 32 heavy (non-hydrogen) atoms. The molecule has 0 radical (unpaired) electrons. The first-order valence-corrected chi connectivity index (χ1v) is 10.7. The number of aryl methyl sites for hydroxylation is 1. The molecule has 0 aliphatic rings. The van der Waals surface area contributed by atoms with Gasteiger partial charge in [-0.15, -0.1) is 0 Å². The summed E-state index contributed by atoms with van der Waals surface area (Å²) >= 11 is 5.98. The number of aromatic nitrogens is 2. The Bertz CT molecular complexity index is 1220. The topological polar surface area (TPSA) is 93.1 Å². The predicted molar refractivity (Wildman–Crippen MR) is 127 cm³/mol. The van der Waals surface area contributed by atoms with Crippen LogP contribution in [0.1, 0.15) is 37.4 Å². The molecule has 166 valence electrons. The number of carbonyl (C=O) groups is 2. The summed E-state index contributed by atoms with van der Waals surface area (Å²) in [7, 11) is 0. The normalized spacial score (nSPS) is 11.7. The lowest BCUT2D eigenvalue weighted by Crippen LogP contribution is -2.35. The molecule has 0 bridgehead atoms. The van der Waals surface area contributed by atoms with Crippen molar-refractivity contribution in [1.82, 2.24) is 9.78 Å². The van der Waals surface area contributed by atoms with Gasteiger partial charge in [0, 0.05) is 22.7 Å². The van der Waals surface area contributed by atoms with E-state index in [-0.39, 0.29) is 18.0 Å². The van der Waals surface area contributed by atoms with Crippen molar-refractivity contribution >= 4 is 34.8 Å². The van der Waals surface area contributed by atoms with E-state index in [1.54, 1.807) is 44.2 Å². The number of amides is 2. The highest BCUT2D eigenvalue weighted by Gasteiger charge is 2.22. The number of hydrogen-bond donors (Lipinski definition) is 2. The van der Waals surface area contributed by atoms with E-state index in [0.29, 0.717) is 22.0 Å². The van der Waals surface area contributed by atoms with Crippen molar-refractivity contribution in [1.29, 1.82) is 0 Å². The van der Waals surface area contributed by atoms with E-state index in [1.165, 1.54) is 6.07 Å². The van der Waals surface area contributed by atoms with Crippen LogP contribution in [0.3, 0.4) is 0 Å². The summed E-state index contributed by atoms with van der Waals surface area (Å²) in [4.78, 5) is 38.0. The molecule has 1 unspecified atom stereocenters. The second kappa shape index (κ2) is 9.78. The average Bonchev–Trinajstić information content (AvgIpc) is 2.78. The van der Waals surface area contributed by atoms with E-state index in [9.17, 15) is 14.4 Å². The Morgan fingerprint density at radius 2 is 1.75 bits per heavy atom. The van der Waals surface area contributed by atoms with Gasteiger partial charge in [-0.2, -0.15) is 5.10 Å². The van der Waals surface area contributed by atoms with Crippen LogP contribution in [0.5, 0.6) is 0 Å². The maximum atomic E-state index is 13.1. The van der Waals surface area contributed by atoms with Crippen LogP contribution < -0.4 is 16.2 Å². The Kier molecular flexibility index (Phi) is 7.10. The van der Waals surface area contributed by atoms with Gasteiger partial charge < -0.3 is 10.6 Å². The third-order valence-corrected chi connectivity index (χ3v) is 5.53. The first-order valence-electron chi connectivity index (χ1n) is 10.3. The van der Waals surface area contributed by atoms with Crippen molar-refractivity contribution in [2.45, 2.75) is 40.2 Å². The first kappa shape index (κ1) is 23.2. The van der Waals surface area contributed by atoms with Crippen molar-refractivity contribution in [3.63, 3.8) is 0 Å². The summed E-state index contributed by atoms with van der Waals surface area (Å²) < 4.78 is 1.09. The summed E-state index contributed by atoms with van der Waals surface area (Å²) in [6.07, 6.45) is 0.209. The van der Waals surface area contributed by atoms with Gasteiger partial charge in [-0.05, 0) is 56.2 Å². The van der Waals surface area contributed by atoms with Gasteiger partial charge in [0.25, 0.3) is 5.56 Å². The lowest BCUT2D eigenvalue weighted by molar-refractivity contribution is -0.119. The maximum absolute atomic E-state index is 13.1. The van der Waals surface area contributed by atoms with E-state index in [2.05, 4.69) is 15.7 Å². The summed E-state index contributed by atoms with van der Waals surface area (Å²) in [6.45, 7) is 7.15. The van der Waals surface area contributed by atoms with Crippen LogP contribution >= 0.6 is 11.6 Å². The van der Waals surface area contributed by atoms with Crippen LogP contribution in [0.25, 0.3) is 11.3 Å². The fourth-order valence-electron chi connectivity index (χ4n) is 3.10. The number of hydrogen-bond acceptors (Lipinski definition) is 4. The third-order valence-electron chi connectivity index (χ3n) is 5.28. The minimum absolute atomic E-state index is 0.0585. The van der Waals surface area contributed by atoms with Crippen molar-refractivity contribution < 1.29 is 9.59 Å². The summed E-state index contributed by atoms with van der Waals surface area (Å²) in [5.41, 5.74) is 3.27. The largest absolute Gasteiger partial charge is 0.324 e. The van der Waals surface area contributed by atoms with Crippen LogP contribution in [-0.4, -0.2) is 21.6 Å². The van der Waals surface area contributed by atoms with E-state index < -0.39 is 17.5 Å². The summed E-state index contributed by atoms with van der Waals surface area (Å²) in [6, 6.07) is 13.1. The maximum Gasteiger partial charge on any atom is 0.291 e. The van der Waals surface area contributed by atoms with Gasteiger partial charge in [-0.25, -0.2) is 4.68 Å². The molecule has 0 fully saturated rings. The molecule has 2 amide bonds. The highest BCUT2D eigenvalue weighted by molar-refractivity contribution is 6.30. The molecular weight excluding hydrogens is 428 g/mol. The van der Waals surface area contributed by atoms with Crippen LogP contribution in [0.15, 0.2) is 53.3 Å². The number of rotatable bonds is 6. The zero-order valence-electron chi connectivity index (χ0n) is 18.4. The van der Waals surface area contributed by atoms with E-state index in [1.807, 2.05) is 26.0 Å². The van der Waals surface area contributed by atoms with E-state index >= 15 is 0 Å². The monoisotopic (exact) mass is 452 g/mol. The molecule has 0 saturated carbocycles. The second-order valence-corrected chi connectivity index (χ2v) is 7.95. The van der Waals surface area contributed by atoms with Crippen molar-refractivity contribution in [2.75, 3.05) is 10.6 Å². The molecule has 0 saturated heterocycles. The Morgan fingerprint density at radius 1 is 1.06 bits per heavy atom. The predicted octanol–water partition coefficient (Wildman–Crippen LogP) is 4.73. The van der Waals surface area contributed by atoms with Crippen molar-refractivity contribution in [2.24, 2.45) is 0 Å². The fraction of sp³-hybridized carbons (Fsp3) is 0.250. The third kappa shape index (κ3) is 5.06. The van der Waals surface area contributed by atoms with Gasteiger partial charge in [0.1, 0.15) is 11.7 Å². The quantitative estimate of drug-likeness (QED) is 0.565. The zero-order valence-corrected chi connectivity index (χ0v) is 19.2. The first-order chi connectivity index (χ1) is 15.2. The molecule has 0 spiro atoms. The molecule has 1 atom stereocenters. The van der Waals surface area contributed by atoms with Crippen molar-refractivity contribution in [3.8, 4) is 11.3 Å². The standard InChI is InChI=1S/C24H25ClN4O3/c1-5-22(30)26-21-13-20(17-9-11-18(25)12-10-17)28-29(24(21)32)16(4)23(31)27-19-8-6-7-14(2)15(19)3/h6-13,16H,5H2,1-4H3,(H,26,30)(H,27,31). The molecule has 1 aromatic heterocycles. The van der Waals surface area contributed by atoms with Gasteiger partial charge in [0.2, 0.25) is 11.8 Å². The number of anilines is 2. The van der Waals surface area contributed by atoms with Gasteiger partial charge in [-0.1, -0.05) is 42.8 Å². The lowest BCUT2D eigenvalue weighted by atomic mass is 10.1. The number of nitrogens with one attached hydrogen (secondary N) is 2. The number of benzene rings is 2. The number of nitrogens with zero attached hydrogens (tertiary/aromatic N) is 2. The molecule has 1 heterocycles. The molecular formula is C24H25ClN4O3. The van der Waals surface area contributed by atoms with Gasteiger partial charge in [-0.3, -0.25) is 14.4 Å². The van der Waals surface area contributed by atoms with Crippen LogP contribution in [0.2, 0.25) is 5.02 Å². The smallest absolute Gasteiger partial charge is 0.291 e. The number of carbonyl (C=O) groups excluding carboxylic acids is 2. The SMILES string of the molecule is CCC(=O)Nc1cc(-c2ccc(Cl)cc2)nn(C(C)C(=O)Nc2cccc(C)c2C)c1=O. The van der Waals surface area contributed by atoms with Crippen LogP contribution in [0.4, 0.5) is 11.4 Å². The van der Waals surface area contributed by atoms with Crippen LogP contribution in [-0.2, 0) is 9.59 Å². The van der Waals surface area contributed by atoms with E-state index in [0.717, 1.165) is 15.8 Å². The lowest BCUT2D eigenvalue weighted by Gasteiger charge is -2.18. The highest BCUT2D eigenvalue weighted by Crippen LogP contribution is 2.23. The molecule has 0 aliphatic heterocycles. The molecule has 3 rings (SSSR count). The molecule has 3 aromatic rings. The summed E-state index contributed by atoms with van der Waals surface area (Å²) in [5, 5.41) is 10.5. The molecule has 7 nitrogen and oxygen atoms in total. The Labute approximate surface area is 191 Å². The number of halogens is 1. The zero-order chi connectivity index (χ0) is 23.4. The second-order valence-electron chi connectivity index (χ2n) is 7.51. The van der Waals surface area contributed by atoms with Gasteiger partial charge >= 0.3 is 0 Å². The Balaban J connectivity index is 2.03.